The molecule has 0 amide bonds. The van der Waals surface area contributed by atoms with Gasteiger partial charge in [-0.25, -0.2) is 8.42 Å². The van der Waals surface area contributed by atoms with Gasteiger partial charge in [-0.05, 0) is 48.1 Å². The molecule has 0 spiro atoms. The topological polar surface area (TPSA) is 72.2 Å². The van der Waals surface area contributed by atoms with E-state index in [0.717, 1.165) is 22.0 Å². The van der Waals surface area contributed by atoms with Crippen molar-refractivity contribution in [1.82, 2.24) is 0 Å². The summed E-state index contributed by atoms with van der Waals surface area (Å²) in [5.41, 5.74) is 7.91. The molecule has 2 aromatic rings. The van der Waals surface area contributed by atoms with Gasteiger partial charge in [0, 0.05) is 15.9 Å². The average Bonchev–Trinajstić information content (AvgIpc) is 2.82. The van der Waals surface area contributed by atoms with Crippen LogP contribution in [-0.4, -0.2) is 8.42 Å². The zero-order valence-electron chi connectivity index (χ0n) is 11.8. The number of nitrogens with two attached hydrogens (primary N) is 1. The van der Waals surface area contributed by atoms with Gasteiger partial charge in [0.1, 0.15) is 4.90 Å². The van der Waals surface area contributed by atoms with Gasteiger partial charge in [-0.2, -0.15) is 0 Å². The molecule has 4 nitrogen and oxygen atoms in total. The summed E-state index contributed by atoms with van der Waals surface area (Å²) >= 11 is 4.77. The maximum Gasteiger partial charge on any atom is 0.263 e. The highest BCUT2D eigenvalue weighted by Gasteiger charge is 2.23. The molecule has 0 radical (unpaired) electrons. The molecule has 21 heavy (non-hydrogen) atoms. The number of hydrogen-bond donors (Lipinski definition) is 2. The molecule has 0 aliphatic rings. The summed E-state index contributed by atoms with van der Waals surface area (Å²) in [7, 11) is -3.62. The maximum absolute atomic E-state index is 12.6. The summed E-state index contributed by atoms with van der Waals surface area (Å²) in [5.74, 6) is 0. The predicted molar refractivity (Wildman–Crippen MR) is 91.3 cm³/mol. The largest absolute Gasteiger partial charge is 0.326 e. The Balaban J connectivity index is 2.45. The van der Waals surface area contributed by atoms with Crippen molar-refractivity contribution in [3.8, 4) is 0 Å². The third-order valence-corrected chi connectivity index (χ3v) is 6.48. The van der Waals surface area contributed by atoms with Crippen LogP contribution >= 0.6 is 27.3 Å². The minimum absolute atomic E-state index is 0.218. The Labute approximate surface area is 137 Å². The monoisotopic (exact) mass is 388 g/mol. The number of rotatable bonds is 5. The van der Waals surface area contributed by atoms with Gasteiger partial charge in [-0.3, -0.25) is 4.72 Å². The van der Waals surface area contributed by atoms with Crippen LogP contribution in [0.25, 0.3) is 0 Å². The summed E-state index contributed by atoms with van der Waals surface area (Å²) < 4.78 is 28.9. The molecule has 0 unspecified atom stereocenters. The summed E-state index contributed by atoms with van der Waals surface area (Å²) in [4.78, 5) is 0.982. The van der Waals surface area contributed by atoms with Gasteiger partial charge in [0.15, 0.2) is 0 Å². The van der Waals surface area contributed by atoms with Gasteiger partial charge in [0.25, 0.3) is 10.0 Å². The van der Waals surface area contributed by atoms with Crippen LogP contribution in [0, 0.1) is 6.92 Å². The molecular formula is C14H17BrN2O2S2. The molecule has 1 heterocycles. The number of halogens is 1. The van der Waals surface area contributed by atoms with E-state index in [0.29, 0.717) is 15.5 Å². The highest BCUT2D eigenvalue weighted by molar-refractivity contribution is 9.10. The number of anilines is 1. The molecule has 1 aromatic carbocycles. The van der Waals surface area contributed by atoms with Gasteiger partial charge in [-0.15, -0.1) is 11.3 Å². The maximum atomic E-state index is 12.6. The van der Waals surface area contributed by atoms with Crippen molar-refractivity contribution in [2.45, 2.75) is 31.7 Å². The van der Waals surface area contributed by atoms with Gasteiger partial charge in [0.05, 0.1) is 5.69 Å². The van der Waals surface area contributed by atoms with Crippen LogP contribution in [0.5, 0.6) is 0 Å². The van der Waals surface area contributed by atoms with E-state index in [2.05, 4.69) is 20.7 Å². The summed E-state index contributed by atoms with van der Waals surface area (Å²) in [6.45, 7) is 3.99. The number of nitrogens with one attached hydrogen (secondary N) is 1. The smallest absolute Gasteiger partial charge is 0.263 e. The molecule has 3 N–H and O–H groups in total. The SMILES string of the molecule is CCc1cc(Br)ccc1NS(=O)(=O)c1c(C)csc1CN. The third kappa shape index (κ3) is 3.48. The summed E-state index contributed by atoms with van der Waals surface area (Å²) in [6, 6.07) is 5.51. The Bertz CT molecular complexity index is 754. The Morgan fingerprint density at radius 3 is 2.71 bits per heavy atom. The van der Waals surface area contributed by atoms with E-state index in [-0.39, 0.29) is 6.54 Å². The minimum Gasteiger partial charge on any atom is -0.326 e. The fourth-order valence-electron chi connectivity index (χ4n) is 2.14. The highest BCUT2D eigenvalue weighted by Crippen LogP contribution is 2.30. The van der Waals surface area contributed by atoms with Gasteiger partial charge in [0.2, 0.25) is 0 Å². The molecule has 0 aliphatic heterocycles. The van der Waals surface area contributed by atoms with Crippen molar-refractivity contribution in [1.29, 1.82) is 0 Å². The number of hydrogen-bond acceptors (Lipinski definition) is 4. The first-order valence-corrected chi connectivity index (χ1v) is 9.63. The van der Waals surface area contributed by atoms with Crippen LogP contribution in [-0.2, 0) is 23.0 Å². The summed E-state index contributed by atoms with van der Waals surface area (Å²) in [6.07, 6.45) is 0.740. The first-order valence-electron chi connectivity index (χ1n) is 6.47. The number of thiophene rings is 1. The number of sulfonamides is 1. The second-order valence-corrected chi connectivity index (χ2v) is 8.13. The number of benzene rings is 1. The molecule has 0 saturated heterocycles. The van der Waals surface area contributed by atoms with Crippen LogP contribution in [0.15, 0.2) is 32.9 Å². The second-order valence-electron chi connectivity index (χ2n) is 4.64. The molecule has 0 saturated carbocycles. The third-order valence-electron chi connectivity index (χ3n) is 3.14. The molecule has 1 aromatic heterocycles. The van der Waals surface area contributed by atoms with Crippen LogP contribution in [0.3, 0.4) is 0 Å². The second kappa shape index (κ2) is 6.48. The van der Waals surface area contributed by atoms with E-state index in [4.69, 9.17) is 5.73 Å². The molecule has 0 atom stereocenters. The van der Waals surface area contributed by atoms with E-state index >= 15 is 0 Å². The van der Waals surface area contributed by atoms with E-state index in [1.54, 1.807) is 13.0 Å². The molecular weight excluding hydrogens is 372 g/mol. The molecule has 0 fully saturated rings. The van der Waals surface area contributed by atoms with Crippen molar-refractivity contribution in [2.24, 2.45) is 5.73 Å². The van der Waals surface area contributed by atoms with E-state index in [1.165, 1.54) is 11.3 Å². The van der Waals surface area contributed by atoms with Crippen molar-refractivity contribution in [2.75, 3.05) is 4.72 Å². The first-order chi connectivity index (χ1) is 9.89. The van der Waals surface area contributed by atoms with Gasteiger partial charge < -0.3 is 5.73 Å². The highest BCUT2D eigenvalue weighted by atomic mass is 79.9. The van der Waals surface area contributed by atoms with Crippen LogP contribution in [0.4, 0.5) is 5.69 Å². The Morgan fingerprint density at radius 1 is 1.38 bits per heavy atom. The zero-order chi connectivity index (χ0) is 15.6. The lowest BCUT2D eigenvalue weighted by molar-refractivity contribution is 0.600. The van der Waals surface area contributed by atoms with Gasteiger partial charge >= 0.3 is 0 Å². The van der Waals surface area contributed by atoms with Crippen molar-refractivity contribution in [3.63, 3.8) is 0 Å². The molecule has 2 rings (SSSR count). The van der Waals surface area contributed by atoms with Crippen molar-refractivity contribution in [3.05, 3.63) is 44.1 Å². The normalized spacial score (nSPS) is 11.6. The summed E-state index contributed by atoms with van der Waals surface area (Å²) in [5, 5.41) is 1.82. The Hall–Kier alpha value is -0.890. The Morgan fingerprint density at radius 2 is 2.10 bits per heavy atom. The minimum atomic E-state index is -3.62. The van der Waals surface area contributed by atoms with E-state index < -0.39 is 10.0 Å². The Kier molecular flexibility index (Phi) is 5.08. The van der Waals surface area contributed by atoms with Gasteiger partial charge in [-0.1, -0.05) is 22.9 Å². The standard InChI is InChI=1S/C14H17BrN2O2S2/c1-3-10-6-11(15)4-5-12(10)17-21(18,19)14-9(2)8-20-13(14)7-16/h4-6,8,17H,3,7,16H2,1-2H3. The lowest BCUT2D eigenvalue weighted by Crippen LogP contribution is -2.16. The first kappa shape index (κ1) is 16.5. The fourth-order valence-corrected chi connectivity index (χ4v) is 5.35. The van der Waals surface area contributed by atoms with E-state index in [1.807, 2.05) is 24.4 Å². The molecule has 0 bridgehead atoms. The van der Waals surface area contributed by atoms with E-state index in [9.17, 15) is 8.42 Å². The van der Waals surface area contributed by atoms with Crippen LogP contribution < -0.4 is 10.5 Å². The average molecular weight is 389 g/mol. The van der Waals surface area contributed by atoms with Crippen LogP contribution in [0.2, 0.25) is 0 Å². The molecule has 0 aliphatic carbocycles. The molecule has 114 valence electrons. The predicted octanol–water partition coefficient (Wildman–Crippen LogP) is 3.64. The lowest BCUT2D eigenvalue weighted by Gasteiger charge is -2.13. The zero-order valence-corrected chi connectivity index (χ0v) is 15.0. The fraction of sp³-hybridized carbons (Fsp3) is 0.286. The number of aryl methyl sites for hydroxylation is 2. The molecule has 7 heteroatoms. The van der Waals surface area contributed by atoms with Crippen LogP contribution in [0.1, 0.15) is 22.9 Å². The van der Waals surface area contributed by atoms with Crippen molar-refractivity contribution >= 4 is 43.0 Å². The lowest BCUT2D eigenvalue weighted by atomic mass is 10.1. The van der Waals surface area contributed by atoms with Crippen molar-refractivity contribution < 1.29 is 8.42 Å². The quantitative estimate of drug-likeness (QED) is 0.820.